The lowest BCUT2D eigenvalue weighted by Crippen LogP contribution is -2.27. The topological polar surface area (TPSA) is 61.4 Å². The van der Waals surface area contributed by atoms with Gasteiger partial charge in [0.05, 0.1) is 0 Å². The lowest BCUT2D eigenvalue weighted by Gasteiger charge is -2.15. The summed E-state index contributed by atoms with van der Waals surface area (Å²) in [5.74, 6) is 0.258. The average molecular weight is 303 g/mol. The van der Waals surface area contributed by atoms with Crippen molar-refractivity contribution >= 4 is 17.5 Å². The van der Waals surface area contributed by atoms with Gasteiger partial charge in [0, 0.05) is 38.2 Å². The Balaban J connectivity index is 1.76. The van der Waals surface area contributed by atoms with Gasteiger partial charge in [-0.3, -0.25) is 9.59 Å². The van der Waals surface area contributed by atoms with Gasteiger partial charge in [0.1, 0.15) is 0 Å². The number of nitrogens with zero attached hydrogens (tertiary/aromatic N) is 1. The van der Waals surface area contributed by atoms with Crippen LogP contribution in [0.1, 0.15) is 31.2 Å². The molecule has 5 nitrogen and oxygen atoms in total. The molecule has 1 aromatic rings. The van der Waals surface area contributed by atoms with Crippen LogP contribution in [0.2, 0.25) is 0 Å². The Morgan fingerprint density at radius 1 is 1.09 bits per heavy atom. The molecule has 2 amide bonds. The van der Waals surface area contributed by atoms with E-state index in [-0.39, 0.29) is 11.8 Å². The molecular weight excluding hydrogens is 278 g/mol. The molecule has 5 heteroatoms. The van der Waals surface area contributed by atoms with Crippen LogP contribution in [-0.2, 0) is 16.0 Å². The molecule has 0 aliphatic carbocycles. The number of amides is 2. The van der Waals surface area contributed by atoms with E-state index in [1.807, 2.05) is 36.2 Å². The summed E-state index contributed by atoms with van der Waals surface area (Å²) in [4.78, 5) is 25.6. The second kappa shape index (κ2) is 8.54. The zero-order valence-electron chi connectivity index (χ0n) is 13.2. The van der Waals surface area contributed by atoms with Gasteiger partial charge in [0.15, 0.2) is 0 Å². The summed E-state index contributed by atoms with van der Waals surface area (Å²) in [6.07, 6.45) is 4.04. The van der Waals surface area contributed by atoms with E-state index >= 15 is 0 Å². The fourth-order valence-corrected chi connectivity index (χ4v) is 2.59. The quantitative estimate of drug-likeness (QED) is 0.807. The van der Waals surface area contributed by atoms with Gasteiger partial charge in [0.2, 0.25) is 11.8 Å². The second-order valence-corrected chi connectivity index (χ2v) is 5.69. The molecule has 0 radical (unpaired) electrons. The summed E-state index contributed by atoms with van der Waals surface area (Å²) in [7, 11) is 1.82. The first-order valence-electron chi connectivity index (χ1n) is 8.00. The van der Waals surface area contributed by atoms with Crippen LogP contribution in [0.25, 0.3) is 0 Å². The van der Waals surface area contributed by atoms with Crippen LogP contribution < -0.4 is 10.6 Å². The molecule has 0 unspecified atom stereocenters. The Morgan fingerprint density at radius 3 is 2.41 bits per heavy atom. The predicted molar refractivity (Wildman–Crippen MR) is 87.8 cm³/mol. The molecule has 2 rings (SSSR count). The van der Waals surface area contributed by atoms with Crippen molar-refractivity contribution < 1.29 is 9.59 Å². The minimum atomic E-state index is 0.00584. The summed E-state index contributed by atoms with van der Waals surface area (Å²) >= 11 is 0. The minimum Gasteiger partial charge on any atom is -0.343 e. The van der Waals surface area contributed by atoms with Crippen LogP contribution in [0.4, 0.5) is 5.69 Å². The first kappa shape index (κ1) is 16.5. The number of rotatable bonds is 7. The smallest absolute Gasteiger partial charge is 0.225 e. The summed E-state index contributed by atoms with van der Waals surface area (Å²) in [6.45, 7) is 2.50. The molecule has 1 aliphatic heterocycles. The highest BCUT2D eigenvalue weighted by Gasteiger charge is 2.17. The monoisotopic (exact) mass is 303 g/mol. The number of nitrogens with one attached hydrogen (secondary N) is 2. The van der Waals surface area contributed by atoms with E-state index in [1.165, 1.54) is 0 Å². The van der Waals surface area contributed by atoms with Gasteiger partial charge >= 0.3 is 0 Å². The molecule has 1 saturated heterocycles. The van der Waals surface area contributed by atoms with Crippen LogP contribution >= 0.6 is 0 Å². The maximum absolute atomic E-state index is 12.0. The van der Waals surface area contributed by atoms with E-state index in [0.717, 1.165) is 43.6 Å². The van der Waals surface area contributed by atoms with Crippen LogP contribution in [0.15, 0.2) is 24.3 Å². The maximum atomic E-state index is 12.0. The third-order valence-electron chi connectivity index (χ3n) is 3.93. The summed E-state index contributed by atoms with van der Waals surface area (Å²) < 4.78 is 0. The number of hydrogen-bond acceptors (Lipinski definition) is 3. The van der Waals surface area contributed by atoms with Gasteiger partial charge in [-0.25, -0.2) is 0 Å². The third-order valence-corrected chi connectivity index (χ3v) is 3.93. The molecule has 120 valence electrons. The zero-order chi connectivity index (χ0) is 15.8. The molecule has 0 atom stereocenters. The number of carbonyl (C=O) groups excluding carboxylic acids is 2. The molecule has 22 heavy (non-hydrogen) atoms. The van der Waals surface area contributed by atoms with E-state index in [1.54, 1.807) is 0 Å². The molecule has 1 aliphatic rings. The predicted octanol–water partition coefficient (Wildman–Crippen LogP) is 1.79. The summed E-state index contributed by atoms with van der Waals surface area (Å²) in [5.41, 5.74) is 1.93. The number of hydrogen-bond donors (Lipinski definition) is 2. The van der Waals surface area contributed by atoms with Crippen LogP contribution in [0.3, 0.4) is 0 Å². The first-order valence-corrected chi connectivity index (χ1v) is 8.00. The number of aryl methyl sites for hydroxylation is 1. The van der Waals surface area contributed by atoms with E-state index < -0.39 is 0 Å². The Morgan fingerprint density at radius 2 is 1.77 bits per heavy atom. The molecule has 0 aromatic heterocycles. The van der Waals surface area contributed by atoms with Crippen molar-refractivity contribution in [1.82, 2.24) is 10.2 Å². The Hall–Kier alpha value is -1.88. The van der Waals surface area contributed by atoms with Crippen molar-refractivity contribution in [3.05, 3.63) is 29.8 Å². The van der Waals surface area contributed by atoms with Crippen molar-refractivity contribution in [3.8, 4) is 0 Å². The van der Waals surface area contributed by atoms with E-state index in [4.69, 9.17) is 0 Å². The maximum Gasteiger partial charge on any atom is 0.225 e. The normalized spacial score (nSPS) is 14.1. The Bertz CT molecular complexity index is 493. The second-order valence-electron chi connectivity index (χ2n) is 5.69. The highest BCUT2D eigenvalue weighted by atomic mass is 16.2. The van der Waals surface area contributed by atoms with Crippen LogP contribution in [0.5, 0.6) is 0 Å². The van der Waals surface area contributed by atoms with Crippen molar-refractivity contribution in [2.24, 2.45) is 0 Å². The van der Waals surface area contributed by atoms with Gasteiger partial charge in [-0.15, -0.1) is 0 Å². The fourth-order valence-electron chi connectivity index (χ4n) is 2.59. The van der Waals surface area contributed by atoms with Crippen LogP contribution in [-0.4, -0.2) is 43.4 Å². The molecule has 1 fully saturated rings. The third kappa shape index (κ3) is 5.15. The van der Waals surface area contributed by atoms with E-state index in [0.29, 0.717) is 19.4 Å². The highest BCUT2D eigenvalue weighted by molar-refractivity contribution is 5.90. The number of benzene rings is 1. The number of anilines is 1. The van der Waals surface area contributed by atoms with Gasteiger partial charge in [-0.2, -0.15) is 0 Å². The van der Waals surface area contributed by atoms with Crippen molar-refractivity contribution in [1.29, 1.82) is 0 Å². The van der Waals surface area contributed by atoms with Crippen molar-refractivity contribution in [2.75, 3.05) is 32.0 Å². The Labute approximate surface area is 132 Å². The summed E-state index contributed by atoms with van der Waals surface area (Å²) in [5, 5.41) is 5.81. The minimum absolute atomic E-state index is 0.00584. The highest BCUT2D eigenvalue weighted by Crippen LogP contribution is 2.14. The van der Waals surface area contributed by atoms with Gasteiger partial charge < -0.3 is 15.5 Å². The van der Waals surface area contributed by atoms with Crippen molar-refractivity contribution in [2.45, 2.75) is 32.1 Å². The van der Waals surface area contributed by atoms with Gasteiger partial charge in [0.25, 0.3) is 0 Å². The van der Waals surface area contributed by atoms with Gasteiger partial charge in [-0.1, -0.05) is 12.1 Å². The summed E-state index contributed by atoms with van der Waals surface area (Å²) in [6, 6.07) is 7.75. The largest absolute Gasteiger partial charge is 0.343 e. The fraction of sp³-hybridized carbons (Fsp3) is 0.529. The number of carbonyl (C=O) groups is 2. The first-order chi connectivity index (χ1) is 10.7. The SMILES string of the molecule is CNCCC(=O)Nc1ccc(CCC(=O)N2CCCC2)cc1. The molecule has 0 saturated carbocycles. The molecule has 2 N–H and O–H groups in total. The van der Waals surface area contributed by atoms with Crippen LogP contribution in [0, 0.1) is 0 Å². The molecule has 1 aromatic carbocycles. The molecule has 1 heterocycles. The molecular formula is C17H25N3O2. The van der Waals surface area contributed by atoms with E-state index in [2.05, 4.69) is 10.6 Å². The lowest BCUT2D eigenvalue weighted by molar-refractivity contribution is -0.130. The van der Waals surface area contributed by atoms with Crippen molar-refractivity contribution in [3.63, 3.8) is 0 Å². The zero-order valence-corrected chi connectivity index (χ0v) is 13.2. The lowest BCUT2D eigenvalue weighted by atomic mass is 10.1. The average Bonchev–Trinajstić information content (AvgIpc) is 3.06. The standard InChI is InChI=1S/C17H25N3O2/c1-18-11-10-16(21)19-15-7-4-14(5-8-15)6-9-17(22)20-12-2-3-13-20/h4-5,7-8,18H,2-3,6,9-13H2,1H3,(H,19,21). The van der Waals surface area contributed by atoms with E-state index in [9.17, 15) is 9.59 Å². The number of likely N-dealkylation sites (tertiary alicyclic amines) is 1. The van der Waals surface area contributed by atoms with Gasteiger partial charge in [-0.05, 0) is 44.0 Å². The molecule has 0 bridgehead atoms. The molecule has 0 spiro atoms. The Kier molecular flexibility index (Phi) is 6.40.